The molecule has 0 spiro atoms. The van der Waals surface area contributed by atoms with E-state index in [1.165, 1.54) is 23.9 Å². The highest BCUT2D eigenvalue weighted by Crippen LogP contribution is 2.19. The van der Waals surface area contributed by atoms with Gasteiger partial charge in [-0.1, -0.05) is 30.0 Å². The van der Waals surface area contributed by atoms with Crippen LogP contribution in [0.1, 0.15) is 18.5 Å². The highest BCUT2D eigenvalue weighted by atomic mass is 32.2. The Morgan fingerprint density at radius 1 is 1.48 bits per heavy atom. The van der Waals surface area contributed by atoms with Gasteiger partial charge in [0, 0.05) is 6.54 Å². The Morgan fingerprint density at radius 2 is 2.17 bits per heavy atom. The highest BCUT2D eigenvalue weighted by molar-refractivity contribution is 7.99. The van der Waals surface area contributed by atoms with Gasteiger partial charge in [0.15, 0.2) is 5.16 Å². The van der Waals surface area contributed by atoms with Crippen molar-refractivity contribution in [2.75, 3.05) is 11.5 Å². The summed E-state index contributed by atoms with van der Waals surface area (Å²) in [6.07, 6.45) is 1.68. The molecule has 0 aliphatic rings. The summed E-state index contributed by atoms with van der Waals surface area (Å²) >= 11 is 1.25. The SMILES string of the molecule is C=CCn1c(N)nnc1SCC(=O)NC(C)c1ccc(F)cc1. The van der Waals surface area contributed by atoms with Crippen molar-refractivity contribution in [3.63, 3.8) is 0 Å². The molecule has 6 nitrogen and oxygen atoms in total. The molecule has 1 atom stereocenters. The molecule has 0 aliphatic carbocycles. The van der Waals surface area contributed by atoms with Crippen molar-refractivity contribution in [2.24, 2.45) is 0 Å². The van der Waals surface area contributed by atoms with Crippen molar-refractivity contribution in [1.82, 2.24) is 20.1 Å². The monoisotopic (exact) mass is 335 g/mol. The number of amides is 1. The number of nitrogen functional groups attached to an aromatic ring is 1. The number of anilines is 1. The van der Waals surface area contributed by atoms with Crippen LogP contribution in [-0.2, 0) is 11.3 Å². The van der Waals surface area contributed by atoms with Crippen LogP contribution in [0.5, 0.6) is 0 Å². The van der Waals surface area contributed by atoms with E-state index < -0.39 is 0 Å². The molecule has 1 aromatic heterocycles. The first-order valence-electron chi connectivity index (χ1n) is 6.98. The molecule has 1 unspecified atom stereocenters. The van der Waals surface area contributed by atoms with E-state index in [1.54, 1.807) is 22.8 Å². The number of benzene rings is 1. The molecule has 2 rings (SSSR count). The number of rotatable bonds is 7. The number of carbonyl (C=O) groups is 1. The molecule has 23 heavy (non-hydrogen) atoms. The first-order chi connectivity index (χ1) is 11.0. The molecule has 0 saturated carbocycles. The van der Waals surface area contributed by atoms with E-state index in [4.69, 9.17) is 5.73 Å². The summed E-state index contributed by atoms with van der Waals surface area (Å²) in [6.45, 7) is 5.97. The number of halogens is 1. The molecular weight excluding hydrogens is 317 g/mol. The molecule has 1 aromatic carbocycles. The average Bonchev–Trinajstić information content (AvgIpc) is 2.87. The third kappa shape index (κ3) is 4.56. The number of nitrogens with two attached hydrogens (primary N) is 1. The minimum absolute atomic E-state index is 0.154. The zero-order valence-corrected chi connectivity index (χ0v) is 13.5. The fourth-order valence-electron chi connectivity index (χ4n) is 1.96. The Balaban J connectivity index is 1.90. The zero-order valence-electron chi connectivity index (χ0n) is 12.7. The summed E-state index contributed by atoms with van der Waals surface area (Å²) in [6, 6.07) is 5.82. The maximum atomic E-state index is 12.9. The van der Waals surface area contributed by atoms with E-state index in [0.29, 0.717) is 11.7 Å². The fraction of sp³-hybridized carbons (Fsp3) is 0.267. The molecule has 0 aliphatic heterocycles. The van der Waals surface area contributed by atoms with Gasteiger partial charge in [-0.25, -0.2) is 4.39 Å². The number of aromatic nitrogens is 3. The minimum atomic E-state index is -0.304. The largest absolute Gasteiger partial charge is 0.368 e. The number of thioether (sulfide) groups is 1. The first-order valence-corrected chi connectivity index (χ1v) is 7.97. The van der Waals surface area contributed by atoms with Crippen LogP contribution in [0.4, 0.5) is 10.3 Å². The van der Waals surface area contributed by atoms with Crippen molar-refractivity contribution in [3.05, 3.63) is 48.3 Å². The summed E-state index contributed by atoms with van der Waals surface area (Å²) in [4.78, 5) is 12.0. The Morgan fingerprint density at radius 3 is 2.83 bits per heavy atom. The lowest BCUT2D eigenvalue weighted by atomic mass is 10.1. The van der Waals surface area contributed by atoms with Crippen molar-refractivity contribution in [1.29, 1.82) is 0 Å². The van der Waals surface area contributed by atoms with Gasteiger partial charge < -0.3 is 11.1 Å². The van der Waals surface area contributed by atoms with Gasteiger partial charge in [-0.3, -0.25) is 9.36 Å². The zero-order chi connectivity index (χ0) is 16.8. The van der Waals surface area contributed by atoms with Gasteiger partial charge in [-0.15, -0.1) is 16.8 Å². The maximum Gasteiger partial charge on any atom is 0.230 e. The summed E-state index contributed by atoms with van der Waals surface area (Å²) in [7, 11) is 0. The molecule has 1 heterocycles. The number of nitrogens with zero attached hydrogens (tertiary/aromatic N) is 3. The van der Waals surface area contributed by atoms with Gasteiger partial charge >= 0.3 is 0 Å². The number of allylic oxidation sites excluding steroid dienone is 1. The first kappa shape index (κ1) is 17.0. The van der Waals surface area contributed by atoms with Gasteiger partial charge in [0.25, 0.3) is 0 Å². The average molecular weight is 335 g/mol. The second-order valence-electron chi connectivity index (χ2n) is 4.87. The normalized spacial score (nSPS) is 11.9. The van der Waals surface area contributed by atoms with E-state index in [1.807, 2.05) is 6.92 Å². The van der Waals surface area contributed by atoms with Gasteiger partial charge in [-0.2, -0.15) is 0 Å². The van der Waals surface area contributed by atoms with Crippen molar-refractivity contribution < 1.29 is 9.18 Å². The number of nitrogens with one attached hydrogen (secondary N) is 1. The summed E-state index contributed by atoms with van der Waals surface area (Å²) in [5.74, 6) is 0.00822. The Labute approximate surface area is 138 Å². The van der Waals surface area contributed by atoms with Crippen molar-refractivity contribution >= 4 is 23.6 Å². The van der Waals surface area contributed by atoms with E-state index >= 15 is 0 Å². The Hall–Kier alpha value is -2.35. The Kier molecular flexibility index (Phi) is 5.75. The quantitative estimate of drug-likeness (QED) is 0.598. The van der Waals surface area contributed by atoms with Crippen LogP contribution < -0.4 is 11.1 Å². The molecule has 0 saturated heterocycles. The standard InChI is InChI=1S/C15H18FN5OS/c1-3-8-21-14(17)19-20-15(21)23-9-13(22)18-10(2)11-4-6-12(16)7-5-11/h3-7,10H,1,8-9H2,2H3,(H2,17,19)(H,18,22). The van der Waals surface area contributed by atoms with Crippen LogP contribution >= 0.6 is 11.8 Å². The fourth-order valence-corrected chi connectivity index (χ4v) is 2.72. The van der Waals surface area contributed by atoms with E-state index in [9.17, 15) is 9.18 Å². The summed E-state index contributed by atoms with van der Waals surface area (Å²) < 4.78 is 14.6. The second kappa shape index (κ2) is 7.77. The molecule has 2 aromatic rings. The van der Waals surface area contributed by atoms with Crippen molar-refractivity contribution in [2.45, 2.75) is 24.7 Å². The maximum absolute atomic E-state index is 12.9. The molecular formula is C15H18FN5OS. The van der Waals surface area contributed by atoms with Crippen LogP contribution in [0.15, 0.2) is 42.1 Å². The smallest absolute Gasteiger partial charge is 0.230 e. The second-order valence-corrected chi connectivity index (χ2v) is 5.81. The summed E-state index contributed by atoms with van der Waals surface area (Å²) in [5, 5.41) is 11.1. The van der Waals surface area contributed by atoms with E-state index in [-0.39, 0.29) is 29.5 Å². The van der Waals surface area contributed by atoms with Gasteiger partial charge in [0.1, 0.15) is 5.82 Å². The number of carbonyl (C=O) groups excluding carboxylic acids is 1. The molecule has 8 heteroatoms. The van der Waals surface area contributed by atoms with Crippen molar-refractivity contribution in [3.8, 4) is 0 Å². The minimum Gasteiger partial charge on any atom is -0.368 e. The van der Waals surface area contributed by atoms with Gasteiger partial charge in [0.2, 0.25) is 11.9 Å². The topological polar surface area (TPSA) is 85.8 Å². The predicted octanol–water partition coefficient (Wildman–Crippen LogP) is 2.15. The lowest BCUT2D eigenvalue weighted by Crippen LogP contribution is -2.28. The number of hydrogen-bond acceptors (Lipinski definition) is 5. The van der Waals surface area contributed by atoms with E-state index in [2.05, 4.69) is 22.1 Å². The van der Waals surface area contributed by atoms with Crippen LogP contribution in [0.25, 0.3) is 0 Å². The van der Waals surface area contributed by atoms with Gasteiger partial charge in [0.05, 0.1) is 11.8 Å². The van der Waals surface area contributed by atoms with Crippen LogP contribution in [0.3, 0.4) is 0 Å². The molecule has 0 radical (unpaired) electrons. The molecule has 0 fully saturated rings. The van der Waals surface area contributed by atoms with Crippen LogP contribution in [-0.4, -0.2) is 26.4 Å². The predicted molar refractivity (Wildman–Crippen MR) is 88.3 cm³/mol. The van der Waals surface area contributed by atoms with Gasteiger partial charge in [-0.05, 0) is 24.6 Å². The molecule has 122 valence electrons. The van der Waals surface area contributed by atoms with E-state index in [0.717, 1.165) is 5.56 Å². The molecule has 3 N–H and O–H groups in total. The summed E-state index contributed by atoms with van der Waals surface area (Å²) in [5.41, 5.74) is 6.54. The number of hydrogen-bond donors (Lipinski definition) is 2. The lowest BCUT2D eigenvalue weighted by Gasteiger charge is -2.14. The molecule has 1 amide bonds. The van der Waals surface area contributed by atoms with Crippen LogP contribution in [0, 0.1) is 5.82 Å². The third-order valence-electron chi connectivity index (χ3n) is 3.14. The third-order valence-corrected chi connectivity index (χ3v) is 4.10. The van der Waals surface area contributed by atoms with Crippen LogP contribution in [0.2, 0.25) is 0 Å². The lowest BCUT2D eigenvalue weighted by molar-refractivity contribution is -0.119. The Bertz CT molecular complexity index is 686. The highest BCUT2D eigenvalue weighted by Gasteiger charge is 2.13. The molecule has 0 bridgehead atoms.